The lowest BCUT2D eigenvalue weighted by molar-refractivity contribution is 1.33. The molecule has 0 aliphatic carbocycles. The van der Waals surface area contributed by atoms with E-state index in [1.165, 1.54) is 0 Å². The fraction of sp³-hybridized carbons (Fsp3) is 0.0833. The van der Waals surface area contributed by atoms with Crippen LogP contribution in [0.5, 0.6) is 0 Å². The van der Waals surface area contributed by atoms with Gasteiger partial charge in [-0.3, -0.25) is 0 Å². The molecule has 0 unspecified atom stereocenters. The van der Waals surface area contributed by atoms with Gasteiger partial charge in [-0.15, -0.1) is 0 Å². The smallest absolute Gasteiger partial charge is 0.125 e. The van der Waals surface area contributed by atoms with Gasteiger partial charge in [0.05, 0.1) is 10.7 Å². The number of benzene rings is 1. The van der Waals surface area contributed by atoms with Crippen molar-refractivity contribution in [3.05, 3.63) is 47.1 Å². The third kappa shape index (κ3) is 2.25. The Balaban J connectivity index is 2.34. The van der Waals surface area contributed by atoms with Crippen molar-refractivity contribution >= 4 is 28.8 Å². The molecule has 0 radical (unpaired) electrons. The topological polar surface area (TPSA) is 50.9 Å². The third-order valence-electron chi connectivity index (χ3n) is 2.27. The number of aromatic nitrogens is 1. The highest BCUT2D eigenvalue weighted by Gasteiger charge is 2.03. The van der Waals surface area contributed by atoms with Crippen LogP contribution in [0.3, 0.4) is 0 Å². The lowest BCUT2D eigenvalue weighted by atomic mass is 10.2. The van der Waals surface area contributed by atoms with E-state index < -0.39 is 0 Å². The molecular formula is C12H12ClN3. The molecule has 0 bridgehead atoms. The summed E-state index contributed by atoms with van der Waals surface area (Å²) in [5.74, 6) is 0.481. The number of aryl methyl sites for hydroxylation is 1. The molecule has 4 heteroatoms. The molecule has 0 fully saturated rings. The number of nitrogens with one attached hydrogen (secondary N) is 1. The van der Waals surface area contributed by atoms with E-state index in [1.807, 2.05) is 31.2 Å². The van der Waals surface area contributed by atoms with E-state index in [0.717, 1.165) is 16.9 Å². The predicted octanol–water partition coefficient (Wildman–Crippen LogP) is 3.37. The lowest BCUT2D eigenvalue weighted by Gasteiger charge is -2.11. The van der Waals surface area contributed by atoms with Gasteiger partial charge in [0.25, 0.3) is 0 Å². The van der Waals surface area contributed by atoms with E-state index in [0.29, 0.717) is 10.8 Å². The zero-order valence-corrected chi connectivity index (χ0v) is 9.62. The predicted molar refractivity (Wildman–Crippen MR) is 68.1 cm³/mol. The van der Waals surface area contributed by atoms with Gasteiger partial charge in [-0.2, -0.15) is 0 Å². The maximum atomic E-state index is 6.11. The first kappa shape index (κ1) is 10.8. The average Bonchev–Trinajstić information content (AvgIpc) is 2.24. The van der Waals surface area contributed by atoms with Crippen LogP contribution in [0.4, 0.5) is 17.2 Å². The van der Waals surface area contributed by atoms with E-state index in [-0.39, 0.29) is 0 Å². The summed E-state index contributed by atoms with van der Waals surface area (Å²) in [5.41, 5.74) is 8.47. The molecular weight excluding hydrogens is 222 g/mol. The number of rotatable bonds is 2. The van der Waals surface area contributed by atoms with Gasteiger partial charge in [0.1, 0.15) is 5.82 Å². The van der Waals surface area contributed by atoms with Crippen molar-refractivity contribution in [1.29, 1.82) is 0 Å². The molecule has 1 aromatic heterocycles. The van der Waals surface area contributed by atoms with E-state index in [9.17, 15) is 0 Å². The minimum Gasteiger partial charge on any atom is -0.384 e. The normalized spacial score (nSPS) is 10.1. The van der Waals surface area contributed by atoms with E-state index in [2.05, 4.69) is 10.3 Å². The van der Waals surface area contributed by atoms with Gasteiger partial charge in [-0.25, -0.2) is 4.98 Å². The molecule has 1 aromatic carbocycles. The number of nitrogen functional groups attached to an aromatic ring is 1. The second-order valence-electron chi connectivity index (χ2n) is 3.53. The quantitative estimate of drug-likeness (QED) is 0.836. The molecule has 1 heterocycles. The summed E-state index contributed by atoms with van der Waals surface area (Å²) in [5, 5.41) is 3.92. The van der Waals surface area contributed by atoms with Crippen LogP contribution in [-0.4, -0.2) is 4.98 Å². The minimum absolute atomic E-state index is 0.481. The molecule has 0 saturated carbocycles. The Labute approximate surface area is 99.3 Å². The highest BCUT2D eigenvalue weighted by Crippen LogP contribution is 2.28. The fourth-order valence-corrected chi connectivity index (χ4v) is 1.73. The molecule has 0 saturated heterocycles. The van der Waals surface area contributed by atoms with Gasteiger partial charge in [-0.05, 0) is 24.6 Å². The molecule has 0 spiro atoms. The lowest BCUT2D eigenvalue weighted by Crippen LogP contribution is -1.96. The number of hydrogen-bond acceptors (Lipinski definition) is 3. The van der Waals surface area contributed by atoms with Crippen LogP contribution >= 0.6 is 11.6 Å². The zero-order chi connectivity index (χ0) is 11.5. The maximum absolute atomic E-state index is 6.11. The molecule has 0 aliphatic heterocycles. The zero-order valence-electron chi connectivity index (χ0n) is 8.87. The molecule has 3 nitrogen and oxygen atoms in total. The van der Waals surface area contributed by atoms with E-state index >= 15 is 0 Å². The summed E-state index contributed by atoms with van der Waals surface area (Å²) in [7, 11) is 0. The standard InChI is InChI=1S/C12H12ClN3/c1-8-3-2-4-10(13)12(8)16-9-5-6-15-11(14)7-9/h2-7H,1H3,(H3,14,15,16). The first-order valence-electron chi connectivity index (χ1n) is 4.90. The first-order chi connectivity index (χ1) is 7.66. The van der Waals surface area contributed by atoms with Crippen molar-refractivity contribution in [3.63, 3.8) is 0 Å². The van der Waals surface area contributed by atoms with Gasteiger partial charge < -0.3 is 11.1 Å². The highest BCUT2D eigenvalue weighted by molar-refractivity contribution is 6.33. The maximum Gasteiger partial charge on any atom is 0.125 e. The number of nitrogens with two attached hydrogens (primary N) is 1. The van der Waals surface area contributed by atoms with Gasteiger partial charge >= 0.3 is 0 Å². The molecule has 0 aliphatic rings. The summed E-state index contributed by atoms with van der Waals surface area (Å²) < 4.78 is 0. The summed E-state index contributed by atoms with van der Waals surface area (Å²) in [6, 6.07) is 9.38. The molecule has 2 rings (SSSR count). The van der Waals surface area contributed by atoms with Crippen molar-refractivity contribution in [2.75, 3.05) is 11.1 Å². The fourth-order valence-electron chi connectivity index (χ4n) is 1.46. The Bertz CT molecular complexity index is 491. The number of halogens is 1. The van der Waals surface area contributed by atoms with Crippen LogP contribution in [0, 0.1) is 6.92 Å². The summed E-state index contributed by atoms with van der Waals surface area (Å²) in [6.07, 6.45) is 1.66. The van der Waals surface area contributed by atoms with Crippen molar-refractivity contribution in [3.8, 4) is 0 Å². The first-order valence-corrected chi connectivity index (χ1v) is 5.28. The average molecular weight is 234 g/mol. The highest BCUT2D eigenvalue weighted by atomic mass is 35.5. The Morgan fingerprint density at radius 2 is 2.12 bits per heavy atom. The van der Waals surface area contributed by atoms with Crippen molar-refractivity contribution in [2.24, 2.45) is 0 Å². The van der Waals surface area contributed by atoms with Gasteiger partial charge in [0, 0.05) is 18.0 Å². The number of para-hydroxylation sites is 1. The van der Waals surface area contributed by atoms with Crippen LogP contribution in [-0.2, 0) is 0 Å². The second kappa shape index (κ2) is 4.41. The second-order valence-corrected chi connectivity index (χ2v) is 3.93. The number of hydrogen-bond donors (Lipinski definition) is 2. The molecule has 2 aromatic rings. The SMILES string of the molecule is Cc1cccc(Cl)c1Nc1ccnc(N)c1. The molecule has 0 atom stereocenters. The summed E-state index contributed by atoms with van der Waals surface area (Å²) >= 11 is 6.11. The Hall–Kier alpha value is -1.74. The molecule has 3 N–H and O–H groups in total. The van der Waals surface area contributed by atoms with Gasteiger partial charge in [0.2, 0.25) is 0 Å². The van der Waals surface area contributed by atoms with Crippen molar-refractivity contribution < 1.29 is 0 Å². The van der Waals surface area contributed by atoms with Crippen LogP contribution in [0.1, 0.15) is 5.56 Å². The largest absolute Gasteiger partial charge is 0.384 e. The monoisotopic (exact) mass is 233 g/mol. The van der Waals surface area contributed by atoms with Gasteiger partial charge in [-0.1, -0.05) is 23.7 Å². The van der Waals surface area contributed by atoms with Crippen LogP contribution in [0.25, 0.3) is 0 Å². The van der Waals surface area contributed by atoms with Crippen LogP contribution in [0.2, 0.25) is 5.02 Å². The molecule has 0 amide bonds. The third-order valence-corrected chi connectivity index (χ3v) is 2.59. The van der Waals surface area contributed by atoms with Gasteiger partial charge in [0.15, 0.2) is 0 Å². The van der Waals surface area contributed by atoms with E-state index in [4.69, 9.17) is 17.3 Å². The molecule has 16 heavy (non-hydrogen) atoms. The summed E-state index contributed by atoms with van der Waals surface area (Å²) in [6.45, 7) is 2.00. The van der Waals surface area contributed by atoms with Crippen LogP contribution < -0.4 is 11.1 Å². The Morgan fingerprint density at radius 3 is 2.81 bits per heavy atom. The number of anilines is 3. The minimum atomic E-state index is 0.481. The number of pyridine rings is 1. The van der Waals surface area contributed by atoms with E-state index in [1.54, 1.807) is 12.3 Å². The number of nitrogens with zero attached hydrogens (tertiary/aromatic N) is 1. The Kier molecular flexibility index (Phi) is 2.97. The Morgan fingerprint density at radius 1 is 1.31 bits per heavy atom. The van der Waals surface area contributed by atoms with Crippen molar-refractivity contribution in [2.45, 2.75) is 6.92 Å². The van der Waals surface area contributed by atoms with Crippen molar-refractivity contribution in [1.82, 2.24) is 4.98 Å². The summed E-state index contributed by atoms with van der Waals surface area (Å²) in [4.78, 5) is 3.93. The molecule has 82 valence electrons. The van der Waals surface area contributed by atoms with Crippen LogP contribution in [0.15, 0.2) is 36.5 Å².